The van der Waals surface area contributed by atoms with E-state index in [2.05, 4.69) is 37.1 Å². The highest BCUT2D eigenvalue weighted by molar-refractivity contribution is 5.81. The van der Waals surface area contributed by atoms with Crippen LogP contribution in [0.15, 0.2) is 40.1 Å². The van der Waals surface area contributed by atoms with E-state index < -0.39 is 0 Å². The van der Waals surface area contributed by atoms with E-state index in [1.807, 2.05) is 20.8 Å². The van der Waals surface area contributed by atoms with E-state index in [0.717, 1.165) is 17.8 Å². The predicted molar refractivity (Wildman–Crippen MR) is 68.2 cm³/mol. The van der Waals surface area contributed by atoms with Gasteiger partial charge in [-0.15, -0.1) is 0 Å². The van der Waals surface area contributed by atoms with Gasteiger partial charge in [0.25, 0.3) is 0 Å². The Hall–Kier alpha value is -1.11. The van der Waals surface area contributed by atoms with E-state index in [-0.39, 0.29) is 0 Å². The molecule has 0 aromatic rings. The van der Waals surface area contributed by atoms with Gasteiger partial charge in [0.2, 0.25) is 0 Å². The van der Waals surface area contributed by atoms with Crippen molar-refractivity contribution in [1.29, 1.82) is 0 Å². The number of rotatable bonds is 2. The quantitative estimate of drug-likeness (QED) is 0.594. The maximum absolute atomic E-state index is 4.56. The first-order chi connectivity index (χ1) is 7.04. The first-order valence-electron chi connectivity index (χ1n) is 5.62. The van der Waals surface area contributed by atoms with Crippen molar-refractivity contribution < 1.29 is 0 Å². The molecule has 1 rings (SSSR count). The Kier molecular flexibility index (Phi) is 4.07. The highest BCUT2D eigenvalue weighted by Gasteiger charge is 2.12. The van der Waals surface area contributed by atoms with E-state index in [1.54, 1.807) is 0 Å². The van der Waals surface area contributed by atoms with Gasteiger partial charge in [0.15, 0.2) is 0 Å². The Labute approximate surface area is 93.3 Å². The third-order valence-corrected chi connectivity index (χ3v) is 2.55. The van der Waals surface area contributed by atoms with Crippen LogP contribution in [0.3, 0.4) is 0 Å². The summed E-state index contributed by atoms with van der Waals surface area (Å²) in [4.78, 5) is 4.56. The molecule has 0 aromatic heterocycles. The Morgan fingerprint density at radius 1 is 1.47 bits per heavy atom. The topological polar surface area (TPSA) is 12.4 Å². The Balaban J connectivity index is 2.99. The van der Waals surface area contributed by atoms with Crippen molar-refractivity contribution in [2.24, 2.45) is 10.9 Å². The van der Waals surface area contributed by atoms with E-state index >= 15 is 0 Å². The summed E-state index contributed by atoms with van der Waals surface area (Å²) in [5.74, 6) is 0.665. The van der Waals surface area contributed by atoms with Gasteiger partial charge in [0.1, 0.15) is 0 Å². The number of nitrogens with zero attached hydrogens (tertiary/aromatic N) is 1. The summed E-state index contributed by atoms with van der Waals surface area (Å²) in [5.41, 5.74) is 4.87. The highest BCUT2D eigenvalue weighted by atomic mass is 14.8. The Morgan fingerprint density at radius 3 is 2.60 bits per heavy atom. The van der Waals surface area contributed by atoms with Gasteiger partial charge in [-0.3, -0.25) is 4.99 Å². The molecule has 0 spiro atoms. The monoisotopic (exact) mass is 203 g/mol. The first-order valence-corrected chi connectivity index (χ1v) is 5.62. The predicted octanol–water partition coefficient (Wildman–Crippen LogP) is 4.28. The second kappa shape index (κ2) is 5.11. The molecule has 82 valence electrons. The zero-order chi connectivity index (χ0) is 11.4. The molecule has 1 unspecified atom stereocenters. The van der Waals surface area contributed by atoms with E-state index in [4.69, 9.17) is 0 Å². The van der Waals surface area contributed by atoms with Crippen LogP contribution in [0.1, 0.15) is 41.0 Å². The van der Waals surface area contributed by atoms with Crippen LogP contribution in [0.4, 0.5) is 0 Å². The molecule has 1 aliphatic carbocycles. The molecule has 0 aliphatic heterocycles. The van der Waals surface area contributed by atoms with Crippen LogP contribution < -0.4 is 0 Å². The van der Waals surface area contributed by atoms with Gasteiger partial charge in [-0.05, 0) is 51.2 Å². The molecule has 0 heterocycles. The molecule has 0 saturated carbocycles. The molecular weight excluding hydrogens is 182 g/mol. The van der Waals surface area contributed by atoms with Crippen molar-refractivity contribution in [2.75, 3.05) is 0 Å². The lowest BCUT2D eigenvalue weighted by molar-refractivity contribution is 0.722. The van der Waals surface area contributed by atoms with Crippen molar-refractivity contribution in [2.45, 2.75) is 41.0 Å². The van der Waals surface area contributed by atoms with E-state index in [1.165, 1.54) is 11.1 Å². The van der Waals surface area contributed by atoms with Crippen LogP contribution in [-0.2, 0) is 0 Å². The minimum atomic E-state index is 0.665. The third kappa shape index (κ3) is 3.19. The summed E-state index contributed by atoms with van der Waals surface area (Å²) in [6.07, 6.45) is 7.86. The van der Waals surface area contributed by atoms with Crippen LogP contribution in [-0.4, -0.2) is 5.71 Å². The van der Waals surface area contributed by atoms with Crippen LogP contribution in [0.2, 0.25) is 0 Å². The lowest BCUT2D eigenvalue weighted by Gasteiger charge is -2.17. The summed E-state index contributed by atoms with van der Waals surface area (Å²) in [5, 5.41) is 0. The summed E-state index contributed by atoms with van der Waals surface area (Å²) < 4.78 is 0. The lowest BCUT2D eigenvalue weighted by atomic mass is 9.91. The Bertz CT molecular complexity index is 350. The summed E-state index contributed by atoms with van der Waals surface area (Å²) >= 11 is 0. The van der Waals surface area contributed by atoms with Crippen molar-refractivity contribution in [3.63, 3.8) is 0 Å². The van der Waals surface area contributed by atoms with Gasteiger partial charge in [0, 0.05) is 5.71 Å². The molecule has 0 amide bonds. The standard InChI is InChI=1S/C14H21N/c1-6-14(15-10(2)3)13-8-7-11(4)9-12(13)5/h6,8-9,11H,7H2,1-5H3/b14-6-. The minimum Gasteiger partial charge on any atom is -0.258 e. The fraction of sp³-hybridized carbons (Fsp3) is 0.500. The Morgan fingerprint density at radius 2 is 2.13 bits per heavy atom. The summed E-state index contributed by atoms with van der Waals surface area (Å²) in [6.45, 7) is 10.5. The zero-order valence-corrected chi connectivity index (χ0v) is 10.5. The number of allylic oxidation sites excluding steroid dienone is 4. The van der Waals surface area contributed by atoms with Gasteiger partial charge in [0.05, 0.1) is 5.70 Å². The molecule has 0 N–H and O–H groups in total. The van der Waals surface area contributed by atoms with E-state index in [0.29, 0.717) is 5.92 Å². The molecule has 1 aliphatic rings. The average Bonchev–Trinajstić information content (AvgIpc) is 2.14. The molecular formula is C14H21N. The molecule has 1 atom stereocenters. The van der Waals surface area contributed by atoms with Crippen LogP contribution >= 0.6 is 0 Å². The highest BCUT2D eigenvalue weighted by Crippen LogP contribution is 2.28. The molecule has 1 nitrogen and oxygen atoms in total. The molecule has 15 heavy (non-hydrogen) atoms. The van der Waals surface area contributed by atoms with Crippen LogP contribution in [0.5, 0.6) is 0 Å². The lowest BCUT2D eigenvalue weighted by Crippen LogP contribution is -2.01. The second-order valence-electron chi connectivity index (χ2n) is 4.41. The molecule has 0 radical (unpaired) electrons. The van der Waals surface area contributed by atoms with Gasteiger partial charge in [-0.25, -0.2) is 0 Å². The molecule has 0 fully saturated rings. The first kappa shape index (κ1) is 12.0. The average molecular weight is 203 g/mol. The summed E-state index contributed by atoms with van der Waals surface area (Å²) in [7, 11) is 0. The van der Waals surface area contributed by atoms with Crippen molar-refractivity contribution >= 4 is 5.71 Å². The number of aliphatic imine (C=N–C) groups is 1. The smallest absolute Gasteiger partial charge is 0.0657 e. The van der Waals surface area contributed by atoms with Gasteiger partial charge in [-0.1, -0.05) is 25.2 Å². The van der Waals surface area contributed by atoms with Crippen LogP contribution in [0.25, 0.3) is 0 Å². The maximum atomic E-state index is 4.56. The maximum Gasteiger partial charge on any atom is 0.0657 e. The molecule has 0 saturated heterocycles. The van der Waals surface area contributed by atoms with Gasteiger partial charge in [-0.2, -0.15) is 0 Å². The van der Waals surface area contributed by atoms with Crippen molar-refractivity contribution in [3.8, 4) is 0 Å². The van der Waals surface area contributed by atoms with Gasteiger partial charge >= 0.3 is 0 Å². The fourth-order valence-corrected chi connectivity index (χ4v) is 1.88. The van der Waals surface area contributed by atoms with Gasteiger partial charge < -0.3 is 0 Å². The minimum absolute atomic E-state index is 0.665. The zero-order valence-electron chi connectivity index (χ0n) is 10.5. The largest absolute Gasteiger partial charge is 0.258 e. The SMILES string of the molecule is C/C=C(\N=C(C)C)C1=CCC(C)C=C1C. The van der Waals surface area contributed by atoms with Crippen molar-refractivity contribution in [3.05, 3.63) is 35.1 Å². The van der Waals surface area contributed by atoms with Crippen LogP contribution in [0, 0.1) is 5.92 Å². The number of hydrogen-bond acceptors (Lipinski definition) is 1. The normalized spacial score (nSPS) is 21.9. The molecule has 0 aromatic carbocycles. The van der Waals surface area contributed by atoms with E-state index in [9.17, 15) is 0 Å². The third-order valence-electron chi connectivity index (χ3n) is 2.55. The fourth-order valence-electron chi connectivity index (χ4n) is 1.88. The number of hydrogen-bond donors (Lipinski definition) is 0. The van der Waals surface area contributed by atoms with Crippen molar-refractivity contribution in [1.82, 2.24) is 0 Å². The molecule has 1 heteroatoms. The molecule has 0 bridgehead atoms. The second-order valence-corrected chi connectivity index (χ2v) is 4.41. The summed E-state index contributed by atoms with van der Waals surface area (Å²) in [6, 6.07) is 0.